The summed E-state index contributed by atoms with van der Waals surface area (Å²) in [6.45, 7) is 11.5. The van der Waals surface area contributed by atoms with Gasteiger partial charge >= 0.3 is 5.97 Å². The molecular formula is C44H50Cl2N6O7. The van der Waals surface area contributed by atoms with Gasteiger partial charge in [0.05, 0.1) is 23.2 Å². The second-order valence-electron chi connectivity index (χ2n) is 13.8. The van der Waals surface area contributed by atoms with Gasteiger partial charge in [-0.15, -0.1) is 0 Å². The van der Waals surface area contributed by atoms with Crippen molar-refractivity contribution < 1.29 is 24.2 Å². The number of nitrogens with zero attached hydrogens (tertiary/aromatic N) is 2. The van der Waals surface area contributed by atoms with Crippen molar-refractivity contribution in [3.05, 3.63) is 172 Å². The van der Waals surface area contributed by atoms with Crippen LogP contribution < -0.4 is 31.6 Å². The summed E-state index contributed by atoms with van der Waals surface area (Å²) in [5, 5.41) is 18.0. The number of amides is 1. The van der Waals surface area contributed by atoms with Crippen LogP contribution in [0.3, 0.4) is 0 Å². The van der Waals surface area contributed by atoms with Crippen molar-refractivity contribution in [2.24, 2.45) is 19.8 Å². The molecule has 0 fully saturated rings. The zero-order valence-electron chi connectivity index (χ0n) is 34.3. The number of H-pyrrole nitrogens is 2. The van der Waals surface area contributed by atoms with E-state index < -0.39 is 5.97 Å². The summed E-state index contributed by atoms with van der Waals surface area (Å²) in [6.07, 6.45) is -0.530. The zero-order valence-corrected chi connectivity index (χ0v) is 35.8. The summed E-state index contributed by atoms with van der Waals surface area (Å²) in [4.78, 5) is 46.6. The Labute approximate surface area is 352 Å². The number of carboxylic acid groups (broad SMARTS) is 1. The Morgan fingerprint density at radius 3 is 1.49 bits per heavy atom. The third-order valence-electron chi connectivity index (χ3n) is 9.75. The van der Waals surface area contributed by atoms with Gasteiger partial charge < -0.3 is 25.6 Å². The van der Waals surface area contributed by atoms with Gasteiger partial charge in [-0.05, 0) is 89.1 Å². The zero-order chi connectivity index (χ0) is 43.6. The first-order valence-electron chi connectivity index (χ1n) is 18.7. The predicted octanol–water partition coefficient (Wildman–Crippen LogP) is 8.02. The quantitative estimate of drug-likeness (QED) is 0.0868. The molecule has 0 spiro atoms. The molecular weight excluding hydrogens is 795 g/mol. The highest BCUT2D eigenvalue weighted by Gasteiger charge is 2.19. The predicted molar refractivity (Wildman–Crippen MR) is 231 cm³/mol. The van der Waals surface area contributed by atoms with Crippen LogP contribution in [0.25, 0.3) is 0 Å². The van der Waals surface area contributed by atoms with E-state index in [0.717, 1.165) is 39.6 Å². The molecule has 0 saturated heterocycles. The Kier molecular flexibility index (Phi) is 15.9. The van der Waals surface area contributed by atoms with Crippen LogP contribution in [0.1, 0.15) is 91.5 Å². The van der Waals surface area contributed by atoms with E-state index in [1.54, 1.807) is 42.5 Å². The van der Waals surface area contributed by atoms with Gasteiger partial charge in [0.25, 0.3) is 17.0 Å². The number of aryl methyl sites for hydroxylation is 4. The fraction of sp³-hybridized carbons (Fsp3) is 0.273. The molecule has 15 heteroatoms. The lowest BCUT2D eigenvalue weighted by Crippen LogP contribution is -2.26. The van der Waals surface area contributed by atoms with Gasteiger partial charge in [0, 0.05) is 58.8 Å². The molecule has 0 bridgehead atoms. The number of aromatic nitrogens is 4. The van der Waals surface area contributed by atoms with Gasteiger partial charge in [-0.2, -0.15) is 0 Å². The van der Waals surface area contributed by atoms with E-state index in [2.05, 4.69) is 15.5 Å². The number of ether oxygens (including phenoxy) is 2. The Balaban J connectivity index is 0.000000220. The Hall–Kier alpha value is -6.02. The topological polar surface area (TPSA) is 186 Å². The van der Waals surface area contributed by atoms with E-state index in [1.807, 2.05) is 101 Å². The molecule has 4 aromatic carbocycles. The fourth-order valence-electron chi connectivity index (χ4n) is 6.09. The number of para-hydroxylation sites is 2. The maximum Gasteiger partial charge on any atom is 0.336 e. The van der Waals surface area contributed by atoms with E-state index >= 15 is 0 Å². The number of hydrogen-bond donors (Lipinski definition) is 5. The van der Waals surface area contributed by atoms with Gasteiger partial charge in [0.15, 0.2) is 0 Å². The highest BCUT2D eigenvalue weighted by atomic mass is 35.5. The van der Waals surface area contributed by atoms with Crippen LogP contribution in [0, 0.1) is 27.7 Å². The number of nitrogens with two attached hydrogens (primary N) is 1. The number of halogens is 2. The first-order chi connectivity index (χ1) is 27.9. The second-order valence-corrected chi connectivity index (χ2v) is 14.7. The fourth-order valence-corrected chi connectivity index (χ4v) is 6.73. The minimum Gasteiger partial charge on any atom is -0.486 e. The summed E-state index contributed by atoms with van der Waals surface area (Å²) >= 11 is 12.6. The van der Waals surface area contributed by atoms with Gasteiger partial charge in [-0.3, -0.25) is 33.9 Å². The van der Waals surface area contributed by atoms with Crippen molar-refractivity contribution in [2.45, 2.75) is 66.8 Å². The first kappa shape index (κ1) is 45.7. The molecule has 6 rings (SSSR count). The average molecular weight is 846 g/mol. The van der Waals surface area contributed by atoms with Gasteiger partial charge in [-0.25, -0.2) is 4.79 Å². The SMILES string of the molecule is Cc1c(CN)c(=O)[nH]n1C.Cc1cc(C(C)Oc2ccccc2)c(Cl)cc1C(=O)NCc1c(C)n(C)[nH]c1=O.Cc1cc(C(C)Oc2ccccc2)c(Cl)cc1C(=O)O. The molecule has 13 nitrogen and oxygen atoms in total. The normalized spacial score (nSPS) is 11.6. The van der Waals surface area contributed by atoms with Crippen LogP contribution in [0.5, 0.6) is 11.5 Å². The molecule has 312 valence electrons. The summed E-state index contributed by atoms with van der Waals surface area (Å²) < 4.78 is 15.1. The molecule has 0 aliphatic rings. The second kappa shape index (κ2) is 20.6. The summed E-state index contributed by atoms with van der Waals surface area (Å²) in [5.74, 6) is 0.234. The van der Waals surface area contributed by atoms with Crippen molar-refractivity contribution in [3.63, 3.8) is 0 Å². The molecule has 2 atom stereocenters. The highest BCUT2D eigenvalue weighted by molar-refractivity contribution is 6.32. The molecule has 6 aromatic rings. The molecule has 59 heavy (non-hydrogen) atoms. The van der Waals surface area contributed by atoms with E-state index in [0.29, 0.717) is 38.8 Å². The number of carboxylic acids is 1. The number of benzene rings is 4. The van der Waals surface area contributed by atoms with Crippen molar-refractivity contribution in [2.75, 3.05) is 0 Å². The minimum atomic E-state index is -0.979. The molecule has 1 amide bonds. The molecule has 0 radical (unpaired) electrons. The summed E-state index contributed by atoms with van der Waals surface area (Å²) in [6, 6.07) is 25.7. The summed E-state index contributed by atoms with van der Waals surface area (Å²) in [5.41, 5.74) is 11.7. The van der Waals surface area contributed by atoms with E-state index in [1.165, 1.54) is 6.07 Å². The standard InChI is InChI=1S/C22H24ClN3O3.C16H15ClO3.C6H11N3O/c1-13-10-18(15(3)29-16-8-6-5-7-9-16)20(23)11-17(13)21(27)24-12-19-14(2)26(4)25-22(19)28;1-10-8-14(15(17)9-13(10)16(18)19)11(2)20-12-6-4-3-5-7-12;1-4-5(3-7)6(10)8-9(4)2/h5-11,15H,12H2,1-4H3,(H,24,27)(H,25,28);3-9,11H,1-2H3,(H,18,19);3,7H2,1-2H3,(H,8,10). The highest BCUT2D eigenvalue weighted by Crippen LogP contribution is 2.31. The first-order valence-corrected chi connectivity index (χ1v) is 19.4. The van der Waals surface area contributed by atoms with E-state index in [4.69, 9.17) is 43.5 Å². The van der Waals surface area contributed by atoms with Crippen molar-refractivity contribution in [1.29, 1.82) is 0 Å². The van der Waals surface area contributed by atoms with Gasteiger partial charge in [0.2, 0.25) is 0 Å². The molecule has 2 aromatic heterocycles. The molecule has 0 aliphatic carbocycles. The Morgan fingerprint density at radius 1 is 0.712 bits per heavy atom. The number of carbonyl (C=O) groups is 2. The van der Waals surface area contributed by atoms with Crippen LogP contribution >= 0.6 is 23.2 Å². The Bertz CT molecular complexity index is 2510. The molecule has 2 heterocycles. The van der Waals surface area contributed by atoms with Gasteiger partial charge in [0.1, 0.15) is 23.7 Å². The van der Waals surface area contributed by atoms with Crippen LogP contribution in [0.2, 0.25) is 10.0 Å². The lowest BCUT2D eigenvalue weighted by Gasteiger charge is -2.18. The third kappa shape index (κ3) is 11.8. The van der Waals surface area contributed by atoms with E-state index in [9.17, 15) is 19.2 Å². The van der Waals surface area contributed by atoms with Crippen LogP contribution in [0.4, 0.5) is 0 Å². The largest absolute Gasteiger partial charge is 0.486 e. The molecule has 0 aliphatic heterocycles. The van der Waals surface area contributed by atoms with Crippen LogP contribution in [-0.4, -0.2) is 36.5 Å². The van der Waals surface area contributed by atoms with Crippen LogP contribution in [0.15, 0.2) is 94.5 Å². The lowest BCUT2D eigenvalue weighted by molar-refractivity contribution is 0.0695. The minimum absolute atomic E-state index is 0.0810. The average Bonchev–Trinajstić information content (AvgIpc) is 3.60. The van der Waals surface area contributed by atoms with Gasteiger partial charge in [-0.1, -0.05) is 71.7 Å². The molecule has 0 saturated carbocycles. The number of hydrogen-bond acceptors (Lipinski definition) is 7. The maximum absolute atomic E-state index is 12.7. The monoisotopic (exact) mass is 844 g/mol. The van der Waals surface area contributed by atoms with Crippen LogP contribution in [-0.2, 0) is 27.2 Å². The maximum atomic E-state index is 12.7. The summed E-state index contributed by atoms with van der Waals surface area (Å²) in [7, 11) is 3.54. The Morgan fingerprint density at radius 2 is 1.12 bits per heavy atom. The molecule has 6 N–H and O–H groups in total. The lowest BCUT2D eigenvalue weighted by atomic mass is 10.0. The van der Waals surface area contributed by atoms with Crippen molar-refractivity contribution >= 4 is 35.1 Å². The number of aromatic amines is 2. The van der Waals surface area contributed by atoms with Crippen molar-refractivity contribution in [1.82, 2.24) is 24.9 Å². The number of rotatable bonds is 11. The smallest absolute Gasteiger partial charge is 0.336 e. The van der Waals surface area contributed by atoms with Crippen molar-refractivity contribution in [3.8, 4) is 11.5 Å². The number of aromatic carboxylic acids is 1. The van der Waals surface area contributed by atoms with E-state index in [-0.39, 0.29) is 41.3 Å². The number of nitrogens with one attached hydrogen (secondary N) is 3. The number of carbonyl (C=O) groups excluding carboxylic acids is 1. The molecule has 2 unspecified atom stereocenters. The third-order valence-corrected chi connectivity index (χ3v) is 10.4.